The molecule has 0 saturated carbocycles. The number of carbonyl (C=O) groups excluding carboxylic acids is 1. The molecule has 7 heteroatoms. The van der Waals surface area contributed by atoms with E-state index in [1.807, 2.05) is 0 Å². The third-order valence-corrected chi connectivity index (χ3v) is 3.76. The summed E-state index contributed by atoms with van der Waals surface area (Å²) in [6, 6.07) is 7.53. The normalized spacial score (nSPS) is 11.0. The van der Waals surface area contributed by atoms with Crippen LogP contribution in [0.5, 0.6) is 0 Å². The number of fused-ring (bicyclic) bond motifs is 1. The largest absolute Gasteiger partial charge is 0.351 e. The van der Waals surface area contributed by atoms with Crippen LogP contribution >= 0.6 is 0 Å². The summed E-state index contributed by atoms with van der Waals surface area (Å²) in [5, 5.41) is 2.47. The molecule has 3 rings (SSSR count). The van der Waals surface area contributed by atoms with Crippen molar-refractivity contribution in [3.63, 3.8) is 0 Å². The molecular weight excluding hydrogens is 319 g/mol. The molecule has 0 unspecified atom stereocenters. The summed E-state index contributed by atoms with van der Waals surface area (Å²) in [5.74, 6) is -2.40. The van der Waals surface area contributed by atoms with Crippen LogP contribution < -0.4 is 5.32 Å². The third-order valence-electron chi connectivity index (χ3n) is 3.76. The first-order valence-corrected chi connectivity index (χ1v) is 7.30. The van der Waals surface area contributed by atoms with Crippen molar-refractivity contribution in [1.29, 1.82) is 0 Å². The number of imidazole rings is 1. The van der Waals surface area contributed by atoms with Gasteiger partial charge in [-0.05, 0) is 24.3 Å². The van der Waals surface area contributed by atoms with Gasteiger partial charge >= 0.3 is 0 Å². The van der Waals surface area contributed by atoms with Gasteiger partial charge < -0.3 is 9.88 Å². The van der Waals surface area contributed by atoms with Crippen LogP contribution in [-0.2, 0) is 13.5 Å². The van der Waals surface area contributed by atoms with E-state index in [1.54, 1.807) is 17.7 Å². The molecule has 1 N–H and O–H groups in total. The molecule has 1 heterocycles. The minimum atomic E-state index is -0.911. The topological polar surface area (TPSA) is 46.9 Å². The summed E-state index contributed by atoms with van der Waals surface area (Å²) in [4.78, 5) is 16.2. The molecule has 0 aliphatic carbocycles. The van der Waals surface area contributed by atoms with Crippen LogP contribution in [0.3, 0.4) is 0 Å². The molecule has 4 nitrogen and oxygen atoms in total. The Bertz CT molecular complexity index is 901. The summed E-state index contributed by atoms with van der Waals surface area (Å²) in [5.41, 5.74) is 0.668. The second-order valence-electron chi connectivity index (χ2n) is 5.32. The first-order chi connectivity index (χ1) is 11.5. The molecule has 0 radical (unpaired) electrons. The lowest BCUT2D eigenvalue weighted by Gasteiger charge is -2.07. The zero-order valence-corrected chi connectivity index (χ0v) is 12.8. The number of halogens is 3. The highest BCUT2D eigenvalue weighted by Gasteiger charge is 2.17. The molecule has 0 fully saturated rings. The Balaban J connectivity index is 1.71. The molecule has 0 bridgehead atoms. The number of hydrogen-bond acceptors (Lipinski definition) is 2. The second-order valence-corrected chi connectivity index (χ2v) is 5.32. The van der Waals surface area contributed by atoms with Crippen LogP contribution in [0.15, 0.2) is 36.4 Å². The highest BCUT2D eigenvalue weighted by molar-refractivity contribution is 5.94. The number of hydrogen-bond donors (Lipinski definition) is 1. The van der Waals surface area contributed by atoms with Gasteiger partial charge in [0, 0.05) is 26.1 Å². The minimum absolute atomic E-state index is 0.145. The fourth-order valence-electron chi connectivity index (χ4n) is 2.54. The monoisotopic (exact) mass is 333 g/mol. The van der Waals surface area contributed by atoms with Crippen LogP contribution in [-0.4, -0.2) is 22.0 Å². The number of nitrogens with one attached hydrogen (secondary N) is 1. The summed E-state index contributed by atoms with van der Waals surface area (Å²) >= 11 is 0. The van der Waals surface area contributed by atoms with Crippen molar-refractivity contribution in [3.05, 3.63) is 65.2 Å². The van der Waals surface area contributed by atoms with E-state index in [9.17, 15) is 18.0 Å². The average Bonchev–Trinajstić information content (AvgIpc) is 2.83. The molecule has 0 aliphatic rings. The zero-order valence-electron chi connectivity index (χ0n) is 12.8. The Morgan fingerprint density at radius 1 is 1.17 bits per heavy atom. The average molecular weight is 333 g/mol. The van der Waals surface area contributed by atoms with Gasteiger partial charge in [0.15, 0.2) is 0 Å². The van der Waals surface area contributed by atoms with E-state index in [0.717, 1.165) is 17.6 Å². The highest BCUT2D eigenvalue weighted by Crippen LogP contribution is 2.16. The minimum Gasteiger partial charge on any atom is -0.351 e. The summed E-state index contributed by atoms with van der Waals surface area (Å²) in [6.45, 7) is 0.145. The SMILES string of the molecule is Cn1c(CCNC(=O)c2c(F)cccc2F)nc2cc(F)ccc21. The number of amides is 1. The molecule has 0 aliphatic heterocycles. The molecule has 0 spiro atoms. The predicted molar refractivity (Wildman–Crippen MR) is 83.1 cm³/mol. The highest BCUT2D eigenvalue weighted by atomic mass is 19.1. The number of rotatable bonds is 4. The fourth-order valence-corrected chi connectivity index (χ4v) is 2.54. The molecule has 24 heavy (non-hydrogen) atoms. The number of nitrogens with zero attached hydrogens (tertiary/aromatic N) is 2. The predicted octanol–water partition coefficient (Wildman–Crippen LogP) is 2.96. The fraction of sp³-hybridized carbons (Fsp3) is 0.176. The Kier molecular flexibility index (Phi) is 4.24. The van der Waals surface area contributed by atoms with Gasteiger partial charge in [-0.25, -0.2) is 18.2 Å². The van der Waals surface area contributed by atoms with Crippen molar-refractivity contribution in [2.75, 3.05) is 6.54 Å². The van der Waals surface area contributed by atoms with Crippen LogP contribution in [0.2, 0.25) is 0 Å². The van der Waals surface area contributed by atoms with Gasteiger partial charge in [-0.2, -0.15) is 0 Å². The first kappa shape index (κ1) is 16.0. The Labute approximate surface area is 135 Å². The van der Waals surface area contributed by atoms with Crippen molar-refractivity contribution >= 4 is 16.9 Å². The van der Waals surface area contributed by atoms with Crippen LogP contribution in [0, 0.1) is 17.5 Å². The quantitative estimate of drug-likeness (QED) is 0.798. The summed E-state index contributed by atoms with van der Waals surface area (Å²) in [7, 11) is 1.78. The third kappa shape index (κ3) is 2.97. The van der Waals surface area contributed by atoms with Gasteiger partial charge in [-0.1, -0.05) is 6.07 Å². The van der Waals surface area contributed by atoms with Crippen molar-refractivity contribution in [2.45, 2.75) is 6.42 Å². The van der Waals surface area contributed by atoms with Crippen molar-refractivity contribution < 1.29 is 18.0 Å². The van der Waals surface area contributed by atoms with Gasteiger partial charge in [-0.15, -0.1) is 0 Å². The maximum atomic E-state index is 13.5. The molecule has 1 aromatic heterocycles. The van der Waals surface area contributed by atoms with Crippen molar-refractivity contribution in [1.82, 2.24) is 14.9 Å². The first-order valence-electron chi connectivity index (χ1n) is 7.30. The summed E-state index contributed by atoms with van der Waals surface area (Å²) < 4.78 is 42.1. The van der Waals surface area contributed by atoms with Gasteiger partial charge in [0.1, 0.15) is 28.8 Å². The lowest BCUT2D eigenvalue weighted by molar-refractivity contribution is 0.0945. The number of carbonyl (C=O) groups is 1. The summed E-state index contributed by atoms with van der Waals surface area (Å²) in [6.07, 6.45) is 0.342. The van der Waals surface area contributed by atoms with Gasteiger partial charge in [-0.3, -0.25) is 4.79 Å². The molecule has 0 saturated heterocycles. The van der Waals surface area contributed by atoms with Crippen molar-refractivity contribution in [3.8, 4) is 0 Å². The molecule has 124 valence electrons. The molecule has 3 aromatic rings. The van der Waals surface area contributed by atoms with Crippen LogP contribution in [0.25, 0.3) is 11.0 Å². The molecule has 2 aromatic carbocycles. The van der Waals surface area contributed by atoms with E-state index in [1.165, 1.54) is 18.2 Å². The van der Waals surface area contributed by atoms with E-state index in [0.29, 0.717) is 17.8 Å². The number of aryl methyl sites for hydroxylation is 1. The Hall–Kier alpha value is -2.83. The number of benzene rings is 2. The van der Waals surface area contributed by atoms with Gasteiger partial charge in [0.25, 0.3) is 5.91 Å². The second kappa shape index (κ2) is 6.35. The lowest BCUT2D eigenvalue weighted by Crippen LogP contribution is -2.28. The van der Waals surface area contributed by atoms with Gasteiger partial charge in [0.05, 0.1) is 11.0 Å². The van der Waals surface area contributed by atoms with E-state index in [4.69, 9.17) is 0 Å². The number of aromatic nitrogens is 2. The lowest BCUT2D eigenvalue weighted by atomic mass is 10.2. The van der Waals surface area contributed by atoms with Gasteiger partial charge in [0.2, 0.25) is 0 Å². The van der Waals surface area contributed by atoms with Crippen LogP contribution in [0.1, 0.15) is 16.2 Å². The molecule has 0 atom stereocenters. The van der Waals surface area contributed by atoms with E-state index in [2.05, 4.69) is 10.3 Å². The molecular formula is C17H14F3N3O. The maximum absolute atomic E-state index is 13.5. The standard InChI is InChI=1S/C17H14F3N3O/c1-23-14-6-5-10(18)9-13(14)22-15(23)7-8-21-17(24)16-11(19)3-2-4-12(16)20/h2-6,9H,7-8H2,1H3,(H,21,24). The Morgan fingerprint density at radius 3 is 2.58 bits per heavy atom. The zero-order chi connectivity index (χ0) is 17.3. The molecule has 1 amide bonds. The van der Waals surface area contributed by atoms with E-state index in [-0.39, 0.29) is 12.4 Å². The smallest absolute Gasteiger partial charge is 0.257 e. The Morgan fingerprint density at radius 2 is 1.88 bits per heavy atom. The maximum Gasteiger partial charge on any atom is 0.257 e. The van der Waals surface area contributed by atoms with E-state index >= 15 is 0 Å². The van der Waals surface area contributed by atoms with Crippen LogP contribution in [0.4, 0.5) is 13.2 Å². The van der Waals surface area contributed by atoms with E-state index < -0.39 is 23.1 Å². The van der Waals surface area contributed by atoms with Crippen molar-refractivity contribution in [2.24, 2.45) is 7.05 Å².